The fourth-order valence-corrected chi connectivity index (χ4v) is 3.83. The lowest BCUT2D eigenvalue weighted by atomic mass is 9.94. The number of nitrogens with one attached hydrogen (secondary N) is 1. The van der Waals surface area contributed by atoms with Crippen molar-refractivity contribution in [2.75, 3.05) is 18.0 Å². The Bertz CT molecular complexity index is 888. The molecule has 0 spiro atoms. The Morgan fingerprint density at radius 2 is 2.07 bits per heavy atom. The molecule has 2 unspecified atom stereocenters. The van der Waals surface area contributed by atoms with Gasteiger partial charge in [-0.2, -0.15) is 13.2 Å². The number of carbonyl (C=O) groups excluding carboxylic acids is 1. The summed E-state index contributed by atoms with van der Waals surface area (Å²) in [5.41, 5.74) is 5.48. The number of amides is 1. The van der Waals surface area contributed by atoms with Crippen LogP contribution in [0, 0.1) is 5.92 Å². The van der Waals surface area contributed by atoms with E-state index in [1.165, 1.54) is 19.2 Å². The number of nitrogens with zero attached hydrogens (tertiary/aromatic N) is 2. The van der Waals surface area contributed by atoms with Gasteiger partial charge in [-0.15, -0.1) is 0 Å². The fraction of sp³-hybridized carbons (Fsp3) is 0.500. The second-order valence-corrected chi connectivity index (χ2v) is 7.75. The lowest BCUT2D eigenvalue weighted by Gasteiger charge is -2.39. The van der Waals surface area contributed by atoms with Crippen molar-refractivity contribution in [2.45, 2.75) is 44.6 Å². The number of hydrogen-bond donors (Lipinski definition) is 3. The number of piperidine rings is 1. The average Bonchev–Trinajstić information content (AvgIpc) is 2.65. The van der Waals surface area contributed by atoms with E-state index in [1.54, 1.807) is 12.1 Å². The van der Waals surface area contributed by atoms with Gasteiger partial charge in [0.05, 0.1) is 17.2 Å². The summed E-state index contributed by atoms with van der Waals surface area (Å²) >= 11 is 0. The maximum Gasteiger partial charge on any atom is 0.418 e. The van der Waals surface area contributed by atoms with Gasteiger partial charge >= 0.3 is 6.18 Å². The van der Waals surface area contributed by atoms with Crippen molar-refractivity contribution in [3.8, 4) is 0 Å². The molecule has 1 saturated heterocycles. The third-order valence-electron chi connectivity index (χ3n) is 5.22. The molecule has 4 N–H and O–H groups in total. The van der Waals surface area contributed by atoms with Crippen LogP contribution < -0.4 is 16.0 Å². The van der Waals surface area contributed by atoms with Gasteiger partial charge in [0.15, 0.2) is 0 Å². The molecule has 0 saturated carbocycles. The number of halogens is 3. The van der Waals surface area contributed by atoms with Crippen LogP contribution in [0.15, 0.2) is 30.5 Å². The maximum absolute atomic E-state index is 13.4. The Kier molecular flexibility index (Phi) is 6.00. The van der Waals surface area contributed by atoms with Crippen LogP contribution in [0.25, 0.3) is 10.9 Å². The summed E-state index contributed by atoms with van der Waals surface area (Å²) < 4.78 is 40.1. The van der Waals surface area contributed by atoms with Gasteiger partial charge < -0.3 is 21.1 Å². The van der Waals surface area contributed by atoms with Crippen LogP contribution >= 0.6 is 0 Å². The lowest BCUT2D eigenvalue weighted by Crippen LogP contribution is -2.55. The zero-order valence-electron chi connectivity index (χ0n) is 16.3. The molecule has 0 radical (unpaired) electrons. The van der Waals surface area contributed by atoms with E-state index in [1.807, 2.05) is 11.8 Å². The first-order valence-corrected chi connectivity index (χ1v) is 9.51. The molecule has 3 rings (SSSR count). The third kappa shape index (κ3) is 4.62. The molecule has 0 aliphatic carbocycles. The van der Waals surface area contributed by atoms with Crippen molar-refractivity contribution in [1.82, 2.24) is 10.3 Å². The standard InChI is InChI=1S/C20H25F3N4O2/c1-11-8-13(26-19(29)17(24)12(2)28)10-27(9-11)16-6-5-15(20(21,22)23)18-14(16)4-3-7-25-18/h3-7,11-13,17,28H,8-10,24H2,1-2H3,(H,26,29)/t11-,12?,13+,17?/m0/s1. The number of carbonyl (C=O) groups is 1. The van der Waals surface area contributed by atoms with E-state index in [0.29, 0.717) is 30.6 Å². The summed E-state index contributed by atoms with van der Waals surface area (Å²) in [6.45, 7) is 4.54. The van der Waals surface area contributed by atoms with Gasteiger partial charge in [0.2, 0.25) is 5.91 Å². The molecule has 6 nitrogen and oxygen atoms in total. The topological polar surface area (TPSA) is 91.5 Å². The maximum atomic E-state index is 13.4. The summed E-state index contributed by atoms with van der Waals surface area (Å²) in [5, 5.41) is 12.8. The molecule has 1 amide bonds. The molecule has 2 aromatic rings. The van der Waals surface area contributed by atoms with Crippen LogP contribution in [-0.4, -0.2) is 47.3 Å². The molecule has 0 bridgehead atoms. The molecule has 1 fully saturated rings. The quantitative estimate of drug-likeness (QED) is 0.720. The number of aromatic nitrogens is 1. The highest BCUT2D eigenvalue weighted by Crippen LogP contribution is 2.38. The van der Waals surface area contributed by atoms with E-state index in [0.717, 1.165) is 6.07 Å². The molecule has 1 aromatic carbocycles. The van der Waals surface area contributed by atoms with Crippen LogP contribution in [0.1, 0.15) is 25.8 Å². The molecule has 158 valence electrons. The van der Waals surface area contributed by atoms with E-state index in [9.17, 15) is 23.1 Å². The minimum absolute atomic E-state index is 0.0903. The Morgan fingerprint density at radius 3 is 2.72 bits per heavy atom. The lowest BCUT2D eigenvalue weighted by molar-refractivity contribution is -0.136. The summed E-state index contributed by atoms with van der Waals surface area (Å²) in [7, 11) is 0. The number of alkyl halides is 3. The normalized spacial score (nSPS) is 22.4. The first kappa shape index (κ1) is 21.3. The second-order valence-electron chi connectivity index (χ2n) is 7.75. The molecule has 1 aliphatic heterocycles. The summed E-state index contributed by atoms with van der Waals surface area (Å²) in [4.78, 5) is 18.2. The van der Waals surface area contributed by atoms with Crippen LogP contribution in [0.2, 0.25) is 0 Å². The van der Waals surface area contributed by atoms with Crippen LogP contribution in [0.4, 0.5) is 18.9 Å². The van der Waals surface area contributed by atoms with Crippen molar-refractivity contribution in [2.24, 2.45) is 11.7 Å². The molecule has 4 atom stereocenters. The highest BCUT2D eigenvalue weighted by atomic mass is 19.4. The first-order valence-electron chi connectivity index (χ1n) is 9.51. The fourth-order valence-electron chi connectivity index (χ4n) is 3.83. The highest BCUT2D eigenvalue weighted by molar-refractivity contribution is 5.94. The van der Waals surface area contributed by atoms with E-state index in [-0.39, 0.29) is 17.5 Å². The van der Waals surface area contributed by atoms with Crippen molar-refractivity contribution < 1.29 is 23.1 Å². The number of benzene rings is 1. The van der Waals surface area contributed by atoms with Crippen LogP contribution in [-0.2, 0) is 11.0 Å². The Hall–Kier alpha value is -2.39. The van der Waals surface area contributed by atoms with Gasteiger partial charge in [-0.1, -0.05) is 6.92 Å². The van der Waals surface area contributed by atoms with E-state index in [4.69, 9.17) is 5.73 Å². The molecular formula is C20H25F3N4O2. The van der Waals surface area contributed by atoms with Crippen molar-refractivity contribution in [3.63, 3.8) is 0 Å². The van der Waals surface area contributed by atoms with Crippen LogP contribution in [0.5, 0.6) is 0 Å². The Morgan fingerprint density at radius 1 is 1.34 bits per heavy atom. The minimum atomic E-state index is -4.49. The number of hydrogen-bond acceptors (Lipinski definition) is 5. The van der Waals surface area contributed by atoms with E-state index >= 15 is 0 Å². The van der Waals surface area contributed by atoms with Gasteiger partial charge in [0.1, 0.15) is 6.04 Å². The zero-order valence-corrected chi connectivity index (χ0v) is 16.3. The summed E-state index contributed by atoms with van der Waals surface area (Å²) in [6.07, 6.45) is -3.41. The van der Waals surface area contributed by atoms with Gasteiger partial charge in [-0.05, 0) is 43.5 Å². The number of aliphatic hydroxyl groups is 1. The second kappa shape index (κ2) is 8.16. The van der Waals surface area contributed by atoms with Crippen molar-refractivity contribution in [1.29, 1.82) is 0 Å². The molecule has 1 aromatic heterocycles. The Balaban J connectivity index is 1.90. The van der Waals surface area contributed by atoms with Crippen LogP contribution in [0.3, 0.4) is 0 Å². The highest BCUT2D eigenvalue weighted by Gasteiger charge is 2.35. The van der Waals surface area contributed by atoms with Gasteiger partial charge in [-0.3, -0.25) is 9.78 Å². The van der Waals surface area contributed by atoms with Gasteiger partial charge in [0, 0.05) is 36.4 Å². The monoisotopic (exact) mass is 410 g/mol. The predicted molar refractivity (Wildman–Crippen MR) is 104 cm³/mol. The molecule has 2 heterocycles. The van der Waals surface area contributed by atoms with E-state index < -0.39 is 29.8 Å². The number of anilines is 1. The molecular weight excluding hydrogens is 385 g/mol. The number of aliphatic hydroxyl groups excluding tert-OH is 1. The average molecular weight is 410 g/mol. The minimum Gasteiger partial charge on any atom is -0.391 e. The number of pyridine rings is 1. The van der Waals surface area contributed by atoms with E-state index in [2.05, 4.69) is 10.3 Å². The summed E-state index contributed by atoms with van der Waals surface area (Å²) in [6, 6.07) is 4.50. The molecule has 9 heteroatoms. The predicted octanol–water partition coefficient (Wildman–Crippen LogP) is 2.29. The molecule has 29 heavy (non-hydrogen) atoms. The summed E-state index contributed by atoms with van der Waals surface area (Å²) in [5.74, 6) is -0.246. The van der Waals surface area contributed by atoms with Gasteiger partial charge in [0.25, 0.3) is 0 Å². The van der Waals surface area contributed by atoms with Crippen molar-refractivity contribution in [3.05, 3.63) is 36.0 Å². The third-order valence-corrected chi connectivity index (χ3v) is 5.22. The Labute approximate surface area is 166 Å². The van der Waals surface area contributed by atoms with Gasteiger partial charge in [-0.25, -0.2) is 0 Å². The largest absolute Gasteiger partial charge is 0.418 e. The smallest absolute Gasteiger partial charge is 0.391 e. The zero-order chi connectivity index (χ0) is 21.3. The SMILES string of the molecule is CC(O)C(N)C(=O)N[C@@H]1C[C@H](C)CN(c2ccc(C(F)(F)F)c3ncccc23)C1. The number of rotatable bonds is 4. The molecule has 1 aliphatic rings. The first-order chi connectivity index (χ1) is 13.6. The number of nitrogens with two attached hydrogens (primary N) is 1. The van der Waals surface area contributed by atoms with Crippen molar-refractivity contribution >= 4 is 22.5 Å². The number of fused-ring (bicyclic) bond motifs is 1.